The summed E-state index contributed by atoms with van der Waals surface area (Å²) < 4.78 is 0. The summed E-state index contributed by atoms with van der Waals surface area (Å²) in [4.78, 5) is 10.5. The molecule has 0 spiro atoms. The SMILES string of the molecule is CCc1c(N)ncnc1N(CCCO)C(C)C. The van der Waals surface area contributed by atoms with Crippen molar-refractivity contribution in [1.82, 2.24) is 9.97 Å². The normalized spacial score (nSPS) is 10.9. The first kappa shape index (κ1) is 13.7. The molecular weight excluding hydrogens is 216 g/mol. The first-order valence-electron chi connectivity index (χ1n) is 6.08. The third-order valence-electron chi connectivity index (χ3n) is 2.76. The highest BCUT2D eigenvalue weighted by Crippen LogP contribution is 2.23. The van der Waals surface area contributed by atoms with Crippen molar-refractivity contribution in [2.75, 3.05) is 23.8 Å². The van der Waals surface area contributed by atoms with Crippen molar-refractivity contribution >= 4 is 11.6 Å². The molecule has 0 aliphatic carbocycles. The smallest absolute Gasteiger partial charge is 0.137 e. The van der Waals surface area contributed by atoms with Crippen molar-refractivity contribution in [3.05, 3.63) is 11.9 Å². The predicted molar refractivity (Wildman–Crippen MR) is 70.0 cm³/mol. The van der Waals surface area contributed by atoms with Crippen LogP contribution < -0.4 is 10.6 Å². The monoisotopic (exact) mass is 238 g/mol. The molecule has 1 aromatic heterocycles. The molecule has 1 rings (SSSR count). The van der Waals surface area contributed by atoms with Crippen molar-refractivity contribution in [2.45, 2.75) is 39.7 Å². The van der Waals surface area contributed by atoms with E-state index in [4.69, 9.17) is 10.8 Å². The van der Waals surface area contributed by atoms with E-state index in [0.29, 0.717) is 11.9 Å². The molecule has 0 aliphatic heterocycles. The van der Waals surface area contributed by atoms with Gasteiger partial charge in [0.1, 0.15) is 18.0 Å². The fourth-order valence-electron chi connectivity index (χ4n) is 1.85. The molecule has 0 saturated carbocycles. The van der Waals surface area contributed by atoms with Crippen LogP contribution in [0.1, 0.15) is 32.8 Å². The summed E-state index contributed by atoms with van der Waals surface area (Å²) in [6.07, 6.45) is 3.04. The zero-order valence-corrected chi connectivity index (χ0v) is 10.8. The summed E-state index contributed by atoms with van der Waals surface area (Å²) in [5.41, 5.74) is 6.86. The van der Waals surface area contributed by atoms with E-state index in [1.165, 1.54) is 6.33 Å². The van der Waals surface area contributed by atoms with Crippen LogP contribution in [-0.2, 0) is 6.42 Å². The number of nitrogens with zero attached hydrogens (tertiary/aromatic N) is 3. The number of aliphatic hydroxyl groups is 1. The second-order valence-corrected chi connectivity index (χ2v) is 4.28. The molecule has 0 saturated heterocycles. The van der Waals surface area contributed by atoms with Crippen LogP contribution >= 0.6 is 0 Å². The molecule has 0 atom stereocenters. The van der Waals surface area contributed by atoms with E-state index >= 15 is 0 Å². The third kappa shape index (κ3) is 3.30. The summed E-state index contributed by atoms with van der Waals surface area (Å²) in [6, 6.07) is 0.321. The lowest BCUT2D eigenvalue weighted by Crippen LogP contribution is -2.34. The van der Waals surface area contributed by atoms with E-state index < -0.39 is 0 Å². The Balaban J connectivity index is 3.04. The minimum absolute atomic E-state index is 0.186. The van der Waals surface area contributed by atoms with Crippen molar-refractivity contribution in [2.24, 2.45) is 0 Å². The Morgan fingerprint density at radius 1 is 1.41 bits per heavy atom. The van der Waals surface area contributed by atoms with Crippen molar-refractivity contribution in [3.63, 3.8) is 0 Å². The van der Waals surface area contributed by atoms with E-state index in [1.807, 2.05) is 6.92 Å². The van der Waals surface area contributed by atoms with Gasteiger partial charge in [0.15, 0.2) is 0 Å². The maximum atomic E-state index is 8.94. The summed E-state index contributed by atoms with van der Waals surface area (Å²) in [6.45, 7) is 7.22. The van der Waals surface area contributed by atoms with Gasteiger partial charge in [-0.05, 0) is 26.7 Å². The quantitative estimate of drug-likeness (QED) is 0.779. The van der Waals surface area contributed by atoms with Crippen LogP contribution in [0.3, 0.4) is 0 Å². The van der Waals surface area contributed by atoms with E-state index in [0.717, 1.165) is 30.8 Å². The average Bonchev–Trinajstić information content (AvgIpc) is 2.29. The fourth-order valence-corrected chi connectivity index (χ4v) is 1.85. The van der Waals surface area contributed by atoms with Crippen LogP contribution in [-0.4, -0.2) is 34.3 Å². The van der Waals surface area contributed by atoms with Gasteiger partial charge < -0.3 is 15.7 Å². The van der Waals surface area contributed by atoms with Crippen LogP contribution in [0.2, 0.25) is 0 Å². The molecule has 3 N–H and O–H groups in total. The zero-order chi connectivity index (χ0) is 12.8. The highest BCUT2D eigenvalue weighted by atomic mass is 16.3. The van der Waals surface area contributed by atoms with Crippen molar-refractivity contribution in [3.8, 4) is 0 Å². The Labute approximate surface area is 103 Å². The number of rotatable bonds is 6. The molecule has 0 aromatic carbocycles. The van der Waals surface area contributed by atoms with Gasteiger partial charge in [0.2, 0.25) is 0 Å². The Morgan fingerprint density at radius 2 is 2.12 bits per heavy atom. The first-order valence-corrected chi connectivity index (χ1v) is 6.08. The molecule has 0 aliphatic rings. The summed E-state index contributed by atoms with van der Waals surface area (Å²) in [5.74, 6) is 1.44. The topological polar surface area (TPSA) is 75.3 Å². The fraction of sp³-hybridized carbons (Fsp3) is 0.667. The Morgan fingerprint density at radius 3 is 2.65 bits per heavy atom. The first-order chi connectivity index (χ1) is 8.11. The molecule has 1 heterocycles. The third-order valence-corrected chi connectivity index (χ3v) is 2.76. The van der Waals surface area contributed by atoms with Gasteiger partial charge in [-0.3, -0.25) is 0 Å². The lowest BCUT2D eigenvalue weighted by atomic mass is 10.1. The Bertz CT molecular complexity index is 354. The molecule has 0 fully saturated rings. The average molecular weight is 238 g/mol. The van der Waals surface area contributed by atoms with Crippen LogP contribution in [0, 0.1) is 0 Å². The summed E-state index contributed by atoms with van der Waals surface area (Å²) in [7, 11) is 0. The lowest BCUT2D eigenvalue weighted by molar-refractivity contribution is 0.288. The number of hydrogen-bond donors (Lipinski definition) is 2. The highest BCUT2D eigenvalue weighted by molar-refractivity contribution is 5.57. The molecule has 96 valence electrons. The molecule has 0 bridgehead atoms. The van der Waals surface area contributed by atoms with Gasteiger partial charge in [0.25, 0.3) is 0 Å². The van der Waals surface area contributed by atoms with E-state index in [9.17, 15) is 0 Å². The van der Waals surface area contributed by atoms with Gasteiger partial charge >= 0.3 is 0 Å². The lowest BCUT2D eigenvalue weighted by Gasteiger charge is -2.29. The van der Waals surface area contributed by atoms with Gasteiger partial charge in [-0.15, -0.1) is 0 Å². The Kier molecular flexibility index (Phi) is 5.15. The maximum Gasteiger partial charge on any atom is 0.137 e. The zero-order valence-electron chi connectivity index (χ0n) is 10.8. The standard InChI is InChI=1S/C12H22N4O/c1-4-10-11(13)14-8-15-12(10)16(9(2)3)6-5-7-17/h8-9,17H,4-7H2,1-3H3,(H2,13,14,15). The Hall–Kier alpha value is -1.36. The molecule has 1 aromatic rings. The maximum absolute atomic E-state index is 8.94. The van der Waals surface area contributed by atoms with Crippen LogP contribution in [0.4, 0.5) is 11.6 Å². The van der Waals surface area contributed by atoms with Gasteiger partial charge in [-0.1, -0.05) is 6.92 Å². The van der Waals surface area contributed by atoms with E-state index in [1.54, 1.807) is 0 Å². The number of nitrogens with two attached hydrogens (primary N) is 1. The summed E-state index contributed by atoms with van der Waals surface area (Å²) in [5, 5.41) is 8.94. The van der Waals surface area contributed by atoms with Gasteiger partial charge in [-0.2, -0.15) is 0 Å². The molecule has 0 amide bonds. The number of hydrogen-bond acceptors (Lipinski definition) is 5. The molecule has 17 heavy (non-hydrogen) atoms. The molecular formula is C12H22N4O. The van der Waals surface area contributed by atoms with Gasteiger partial charge in [0, 0.05) is 24.8 Å². The molecule has 0 radical (unpaired) electrons. The largest absolute Gasteiger partial charge is 0.396 e. The van der Waals surface area contributed by atoms with Crippen LogP contribution in [0.15, 0.2) is 6.33 Å². The van der Waals surface area contributed by atoms with Gasteiger partial charge in [-0.25, -0.2) is 9.97 Å². The van der Waals surface area contributed by atoms with E-state index in [2.05, 4.69) is 28.7 Å². The number of nitrogen functional groups attached to an aromatic ring is 1. The highest BCUT2D eigenvalue weighted by Gasteiger charge is 2.16. The second-order valence-electron chi connectivity index (χ2n) is 4.28. The summed E-state index contributed by atoms with van der Waals surface area (Å²) >= 11 is 0. The molecule has 0 unspecified atom stereocenters. The second kappa shape index (κ2) is 6.39. The van der Waals surface area contributed by atoms with Crippen LogP contribution in [0.5, 0.6) is 0 Å². The number of aromatic nitrogens is 2. The van der Waals surface area contributed by atoms with Crippen molar-refractivity contribution in [1.29, 1.82) is 0 Å². The van der Waals surface area contributed by atoms with Crippen molar-refractivity contribution < 1.29 is 5.11 Å². The molecule has 5 heteroatoms. The van der Waals surface area contributed by atoms with E-state index in [-0.39, 0.29) is 6.61 Å². The minimum Gasteiger partial charge on any atom is -0.396 e. The number of aliphatic hydroxyl groups excluding tert-OH is 1. The minimum atomic E-state index is 0.186. The molecule has 5 nitrogen and oxygen atoms in total. The number of anilines is 2. The van der Waals surface area contributed by atoms with Crippen LogP contribution in [0.25, 0.3) is 0 Å². The van der Waals surface area contributed by atoms with Gasteiger partial charge in [0.05, 0.1) is 0 Å². The predicted octanol–water partition coefficient (Wildman–Crippen LogP) is 1.22.